The molecule has 0 aliphatic carbocycles. The number of benzene rings is 2. The fourth-order valence-corrected chi connectivity index (χ4v) is 3.61. The van der Waals surface area contributed by atoms with Gasteiger partial charge in [0.05, 0.1) is 0 Å². The summed E-state index contributed by atoms with van der Waals surface area (Å²) in [4.78, 5) is 0. The molecule has 2 aromatic rings. The van der Waals surface area contributed by atoms with Crippen molar-refractivity contribution in [3.63, 3.8) is 0 Å². The maximum Gasteiger partial charge on any atom is 0.351 e. The van der Waals surface area contributed by atoms with Crippen molar-refractivity contribution in [2.75, 3.05) is 14.2 Å². The monoisotopic (exact) mass is 321 g/mol. The second-order valence-electron chi connectivity index (χ2n) is 4.77. The number of aromatic hydroxyl groups is 1. The summed E-state index contributed by atoms with van der Waals surface area (Å²) in [6.07, 6.45) is 0. The Morgan fingerprint density at radius 3 is 2.36 bits per heavy atom. The summed E-state index contributed by atoms with van der Waals surface area (Å²) in [5.74, 6) is -0.572. The molecule has 0 radical (unpaired) electrons. The molecule has 0 saturated carbocycles. The minimum atomic E-state index is -3.39. The normalized spacial score (nSPS) is 13.0. The lowest BCUT2D eigenvalue weighted by molar-refractivity contribution is 0.259. The summed E-state index contributed by atoms with van der Waals surface area (Å²) in [6, 6.07) is 16.3. The molecule has 0 heterocycles. The summed E-state index contributed by atoms with van der Waals surface area (Å²) >= 11 is 0. The van der Waals surface area contributed by atoms with Crippen LogP contribution in [-0.4, -0.2) is 19.3 Å². The number of phenols is 1. The van der Waals surface area contributed by atoms with Crippen LogP contribution in [0, 0.1) is 0 Å². The molecule has 5 nitrogen and oxygen atoms in total. The van der Waals surface area contributed by atoms with Crippen LogP contribution in [0.15, 0.2) is 54.6 Å². The van der Waals surface area contributed by atoms with Crippen molar-refractivity contribution in [1.29, 1.82) is 0 Å². The molecule has 1 unspecified atom stereocenters. The zero-order valence-electron chi connectivity index (χ0n) is 12.6. The van der Waals surface area contributed by atoms with Crippen molar-refractivity contribution in [2.24, 2.45) is 0 Å². The van der Waals surface area contributed by atoms with Gasteiger partial charge in [-0.25, -0.2) is 0 Å². The van der Waals surface area contributed by atoms with Gasteiger partial charge < -0.3 is 14.2 Å². The standard InChI is InChI=1S/C16H20NO4P/c1-20-22(19,21-2)16(14-9-6-10-15(18)11-14)17-12-13-7-4-3-5-8-13/h3-11,16-18H,12H2,1-2H3. The molecule has 0 amide bonds. The van der Waals surface area contributed by atoms with Gasteiger partial charge in [-0.2, -0.15) is 0 Å². The first kappa shape index (κ1) is 16.7. The van der Waals surface area contributed by atoms with E-state index in [0.717, 1.165) is 5.56 Å². The summed E-state index contributed by atoms with van der Waals surface area (Å²) in [5.41, 5.74) is 1.69. The molecule has 0 bridgehead atoms. The van der Waals surface area contributed by atoms with Gasteiger partial charge >= 0.3 is 7.60 Å². The lowest BCUT2D eigenvalue weighted by Crippen LogP contribution is -2.22. The van der Waals surface area contributed by atoms with Gasteiger partial charge in [-0.15, -0.1) is 0 Å². The first-order chi connectivity index (χ1) is 10.6. The predicted molar refractivity (Wildman–Crippen MR) is 85.8 cm³/mol. The van der Waals surface area contributed by atoms with E-state index >= 15 is 0 Å². The molecule has 2 N–H and O–H groups in total. The fraction of sp³-hybridized carbons (Fsp3) is 0.250. The van der Waals surface area contributed by atoms with Crippen molar-refractivity contribution < 1.29 is 18.7 Å². The van der Waals surface area contributed by atoms with Crippen LogP contribution in [0.3, 0.4) is 0 Å². The minimum Gasteiger partial charge on any atom is -0.508 e. The molecule has 2 aromatic carbocycles. The highest BCUT2D eigenvalue weighted by Gasteiger charge is 2.35. The Morgan fingerprint density at radius 2 is 1.77 bits per heavy atom. The Kier molecular flexibility index (Phi) is 5.75. The second kappa shape index (κ2) is 7.56. The second-order valence-corrected chi connectivity index (χ2v) is 7.10. The van der Waals surface area contributed by atoms with E-state index in [0.29, 0.717) is 12.1 Å². The molecule has 0 saturated heterocycles. The average molecular weight is 321 g/mol. The maximum atomic E-state index is 12.8. The third kappa shape index (κ3) is 3.96. The molecule has 6 heteroatoms. The smallest absolute Gasteiger partial charge is 0.351 e. The molecule has 0 aromatic heterocycles. The van der Waals surface area contributed by atoms with E-state index < -0.39 is 13.4 Å². The Labute approximate surface area is 130 Å². The molecule has 0 spiro atoms. The molecule has 0 aliphatic rings. The Bertz CT molecular complexity index is 640. The first-order valence-electron chi connectivity index (χ1n) is 6.86. The van der Waals surface area contributed by atoms with E-state index in [-0.39, 0.29) is 5.75 Å². The highest BCUT2D eigenvalue weighted by molar-refractivity contribution is 7.54. The van der Waals surface area contributed by atoms with E-state index in [2.05, 4.69) is 5.32 Å². The zero-order chi connectivity index (χ0) is 16.0. The van der Waals surface area contributed by atoms with Gasteiger partial charge in [-0.1, -0.05) is 42.5 Å². The van der Waals surface area contributed by atoms with Crippen molar-refractivity contribution >= 4 is 7.60 Å². The van der Waals surface area contributed by atoms with Crippen LogP contribution < -0.4 is 5.32 Å². The van der Waals surface area contributed by atoms with Gasteiger partial charge in [-0.05, 0) is 23.3 Å². The van der Waals surface area contributed by atoms with Crippen LogP contribution in [0.1, 0.15) is 16.9 Å². The zero-order valence-corrected chi connectivity index (χ0v) is 13.5. The van der Waals surface area contributed by atoms with E-state index in [1.807, 2.05) is 30.3 Å². The molecule has 1 atom stereocenters. The number of nitrogens with one attached hydrogen (secondary N) is 1. The number of phenolic OH excluding ortho intramolecular Hbond substituents is 1. The first-order valence-corrected chi connectivity index (χ1v) is 8.47. The van der Waals surface area contributed by atoms with Crippen LogP contribution in [-0.2, 0) is 20.2 Å². The van der Waals surface area contributed by atoms with E-state index in [9.17, 15) is 9.67 Å². The number of rotatable bonds is 7. The van der Waals surface area contributed by atoms with Crippen LogP contribution in [0.4, 0.5) is 0 Å². The van der Waals surface area contributed by atoms with E-state index in [1.54, 1.807) is 24.3 Å². The summed E-state index contributed by atoms with van der Waals surface area (Å²) in [6.45, 7) is 0.498. The highest BCUT2D eigenvalue weighted by Crippen LogP contribution is 2.58. The number of hydrogen-bond acceptors (Lipinski definition) is 5. The quantitative estimate of drug-likeness (QED) is 0.762. The van der Waals surface area contributed by atoms with E-state index in [1.165, 1.54) is 14.2 Å². The average Bonchev–Trinajstić information content (AvgIpc) is 2.56. The summed E-state index contributed by atoms with van der Waals surface area (Å²) in [5, 5.41) is 12.9. The van der Waals surface area contributed by atoms with Gasteiger partial charge in [0.2, 0.25) is 0 Å². The van der Waals surface area contributed by atoms with Gasteiger partial charge in [0.25, 0.3) is 0 Å². The highest BCUT2D eigenvalue weighted by atomic mass is 31.2. The third-order valence-corrected chi connectivity index (χ3v) is 5.48. The lowest BCUT2D eigenvalue weighted by Gasteiger charge is -2.26. The van der Waals surface area contributed by atoms with Gasteiger partial charge in [-0.3, -0.25) is 9.88 Å². The number of hydrogen-bond donors (Lipinski definition) is 2. The summed E-state index contributed by atoms with van der Waals surface area (Å²) in [7, 11) is -0.689. The summed E-state index contributed by atoms with van der Waals surface area (Å²) < 4.78 is 23.0. The van der Waals surface area contributed by atoms with E-state index in [4.69, 9.17) is 9.05 Å². The topological polar surface area (TPSA) is 67.8 Å². The molecule has 2 rings (SSSR count). The molecular formula is C16H20NO4P. The third-order valence-electron chi connectivity index (χ3n) is 3.35. The van der Waals surface area contributed by atoms with Crippen LogP contribution in [0.2, 0.25) is 0 Å². The van der Waals surface area contributed by atoms with Crippen molar-refractivity contribution in [1.82, 2.24) is 5.32 Å². The van der Waals surface area contributed by atoms with Crippen molar-refractivity contribution in [2.45, 2.75) is 12.3 Å². The molecule has 0 fully saturated rings. The molecular weight excluding hydrogens is 301 g/mol. The van der Waals surface area contributed by atoms with Gasteiger partial charge in [0.1, 0.15) is 11.5 Å². The van der Waals surface area contributed by atoms with Crippen LogP contribution in [0.25, 0.3) is 0 Å². The Morgan fingerprint density at radius 1 is 1.09 bits per heavy atom. The molecule has 118 valence electrons. The molecule has 22 heavy (non-hydrogen) atoms. The Balaban J connectivity index is 2.28. The SMILES string of the molecule is COP(=O)(OC)C(NCc1ccccc1)c1cccc(O)c1. The molecule has 0 aliphatic heterocycles. The Hall–Kier alpha value is -1.65. The fourth-order valence-electron chi connectivity index (χ4n) is 2.20. The van der Waals surface area contributed by atoms with Crippen LogP contribution in [0.5, 0.6) is 5.75 Å². The predicted octanol–water partition coefficient (Wildman–Crippen LogP) is 3.67. The van der Waals surface area contributed by atoms with Gasteiger partial charge in [0.15, 0.2) is 0 Å². The lowest BCUT2D eigenvalue weighted by atomic mass is 10.2. The van der Waals surface area contributed by atoms with Crippen LogP contribution >= 0.6 is 7.60 Å². The van der Waals surface area contributed by atoms with Crippen molar-refractivity contribution in [3.8, 4) is 5.75 Å². The minimum absolute atomic E-state index is 0.0998. The largest absolute Gasteiger partial charge is 0.508 e. The van der Waals surface area contributed by atoms with Gasteiger partial charge in [0, 0.05) is 20.8 Å². The maximum absolute atomic E-state index is 12.8. The van der Waals surface area contributed by atoms with Crippen molar-refractivity contribution in [3.05, 3.63) is 65.7 Å².